The Balaban J connectivity index is 1.45. The van der Waals surface area contributed by atoms with E-state index in [1.807, 2.05) is 11.8 Å². The van der Waals surface area contributed by atoms with E-state index < -0.39 is 0 Å². The zero-order chi connectivity index (χ0) is 16.9. The quantitative estimate of drug-likeness (QED) is 0.736. The van der Waals surface area contributed by atoms with Crippen LogP contribution in [0.25, 0.3) is 0 Å². The molecule has 130 valence electrons. The van der Waals surface area contributed by atoms with Crippen LogP contribution in [0.2, 0.25) is 0 Å². The Morgan fingerprint density at radius 3 is 2.71 bits per heavy atom. The van der Waals surface area contributed by atoms with Gasteiger partial charge in [0.15, 0.2) is 5.13 Å². The SMILES string of the molecule is Cc1csc(N2CCCN(CCSc3ccc(C)c(C)c3)CC2)n1. The topological polar surface area (TPSA) is 19.4 Å². The Kier molecular flexibility index (Phi) is 6.19. The number of thiazole rings is 1. The highest BCUT2D eigenvalue weighted by atomic mass is 32.2. The summed E-state index contributed by atoms with van der Waals surface area (Å²) >= 11 is 3.76. The molecule has 1 aliphatic rings. The lowest BCUT2D eigenvalue weighted by Gasteiger charge is -2.21. The number of hydrogen-bond donors (Lipinski definition) is 0. The molecule has 2 aromatic rings. The molecule has 3 nitrogen and oxygen atoms in total. The molecule has 1 aromatic carbocycles. The minimum Gasteiger partial charge on any atom is -0.347 e. The van der Waals surface area contributed by atoms with Gasteiger partial charge in [-0.05, 0) is 57.0 Å². The van der Waals surface area contributed by atoms with E-state index >= 15 is 0 Å². The first-order chi connectivity index (χ1) is 11.6. The van der Waals surface area contributed by atoms with Crippen molar-refractivity contribution in [3.8, 4) is 0 Å². The lowest BCUT2D eigenvalue weighted by atomic mass is 10.1. The Bertz CT molecular complexity index is 668. The van der Waals surface area contributed by atoms with Gasteiger partial charge in [-0.1, -0.05) is 6.07 Å². The third kappa shape index (κ3) is 4.74. The summed E-state index contributed by atoms with van der Waals surface area (Å²) in [5, 5.41) is 3.34. The molecule has 0 radical (unpaired) electrons. The highest BCUT2D eigenvalue weighted by molar-refractivity contribution is 7.99. The molecule has 0 spiro atoms. The van der Waals surface area contributed by atoms with Crippen LogP contribution >= 0.6 is 23.1 Å². The Morgan fingerprint density at radius 2 is 1.96 bits per heavy atom. The fourth-order valence-corrected chi connectivity index (χ4v) is 4.84. The maximum atomic E-state index is 4.64. The van der Waals surface area contributed by atoms with Gasteiger partial charge in [-0.2, -0.15) is 0 Å². The molecule has 0 N–H and O–H groups in total. The summed E-state index contributed by atoms with van der Waals surface area (Å²) in [7, 11) is 0. The van der Waals surface area contributed by atoms with Gasteiger partial charge in [0.05, 0.1) is 5.69 Å². The minimum absolute atomic E-state index is 1.10. The average molecular weight is 362 g/mol. The summed E-state index contributed by atoms with van der Waals surface area (Å²) in [5.41, 5.74) is 3.91. The molecule has 0 amide bonds. The third-order valence-electron chi connectivity index (χ3n) is 4.62. The van der Waals surface area contributed by atoms with Crippen molar-refractivity contribution in [2.75, 3.05) is 43.4 Å². The van der Waals surface area contributed by atoms with Crippen molar-refractivity contribution in [1.82, 2.24) is 9.88 Å². The number of rotatable bonds is 5. The van der Waals surface area contributed by atoms with Crippen molar-refractivity contribution in [3.63, 3.8) is 0 Å². The first-order valence-corrected chi connectivity index (χ1v) is 10.6. The molecule has 0 bridgehead atoms. The maximum Gasteiger partial charge on any atom is 0.185 e. The van der Waals surface area contributed by atoms with Crippen LogP contribution in [-0.2, 0) is 0 Å². The van der Waals surface area contributed by atoms with E-state index in [4.69, 9.17) is 0 Å². The second-order valence-electron chi connectivity index (χ2n) is 6.55. The smallest absolute Gasteiger partial charge is 0.185 e. The third-order valence-corrected chi connectivity index (χ3v) is 6.61. The second kappa shape index (κ2) is 8.37. The van der Waals surface area contributed by atoms with Gasteiger partial charge >= 0.3 is 0 Å². The summed E-state index contributed by atoms with van der Waals surface area (Å²) in [4.78, 5) is 11.1. The minimum atomic E-state index is 1.10. The van der Waals surface area contributed by atoms with Gasteiger partial charge in [0, 0.05) is 42.2 Å². The predicted molar refractivity (Wildman–Crippen MR) is 107 cm³/mol. The summed E-state index contributed by atoms with van der Waals surface area (Å²) in [6, 6.07) is 6.80. The van der Waals surface area contributed by atoms with Crippen LogP contribution in [0.4, 0.5) is 5.13 Å². The zero-order valence-electron chi connectivity index (χ0n) is 14.9. The number of hydrogen-bond acceptors (Lipinski definition) is 5. The van der Waals surface area contributed by atoms with Crippen molar-refractivity contribution < 1.29 is 0 Å². The van der Waals surface area contributed by atoms with Gasteiger partial charge in [0.25, 0.3) is 0 Å². The molecule has 1 aromatic heterocycles. The largest absolute Gasteiger partial charge is 0.347 e. The van der Waals surface area contributed by atoms with E-state index in [0.717, 1.165) is 25.3 Å². The maximum absolute atomic E-state index is 4.64. The van der Waals surface area contributed by atoms with Crippen molar-refractivity contribution in [1.29, 1.82) is 0 Å². The Labute approximate surface area is 154 Å². The molecule has 1 saturated heterocycles. The Hall–Kier alpha value is -1.04. The molecule has 3 rings (SSSR count). The van der Waals surface area contributed by atoms with E-state index in [2.05, 4.69) is 59.1 Å². The van der Waals surface area contributed by atoms with Crippen molar-refractivity contribution in [2.45, 2.75) is 32.1 Å². The van der Waals surface area contributed by atoms with Crippen molar-refractivity contribution in [2.24, 2.45) is 0 Å². The average Bonchev–Trinajstić information content (AvgIpc) is 2.86. The molecule has 2 heterocycles. The molecule has 0 aliphatic carbocycles. The molecule has 1 fully saturated rings. The highest BCUT2D eigenvalue weighted by Crippen LogP contribution is 2.23. The van der Waals surface area contributed by atoms with Crippen LogP contribution in [0.15, 0.2) is 28.5 Å². The normalized spacial score (nSPS) is 16.4. The number of benzene rings is 1. The van der Waals surface area contributed by atoms with E-state index in [1.54, 1.807) is 11.3 Å². The van der Waals surface area contributed by atoms with Gasteiger partial charge in [-0.25, -0.2) is 4.98 Å². The van der Waals surface area contributed by atoms with Crippen LogP contribution in [0.3, 0.4) is 0 Å². The Morgan fingerprint density at radius 1 is 1.08 bits per heavy atom. The van der Waals surface area contributed by atoms with Crippen molar-refractivity contribution >= 4 is 28.2 Å². The second-order valence-corrected chi connectivity index (χ2v) is 8.55. The number of nitrogens with zero attached hydrogens (tertiary/aromatic N) is 3. The number of anilines is 1. The van der Waals surface area contributed by atoms with Crippen LogP contribution in [0, 0.1) is 20.8 Å². The predicted octanol–water partition coefficient (Wildman–Crippen LogP) is 4.37. The molecule has 5 heteroatoms. The first-order valence-electron chi connectivity index (χ1n) is 8.71. The van der Waals surface area contributed by atoms with Gasteiger partial charge < -0.3 is 9.80 Å². The fraction of sp³-hybridized carbons (Fsp3) is 0.526. The van der Waals surface area contributed by atoms with E-state index in [0.29, 0.717) is 0 Å². The van der Waals surface area contributed by atoms with Gasteiger partial charge in [0.2, 0.25) is 0 Å². The van der Waals surface area contributed by atoms with Crippen LogP contribution in [0.1, 0.15) is 23.2 Å². The van der Waals surface area contributed by atoms with Crippen molar-refractivity contribution in [3.05, 3.63) is 40.4 Å². The summed E-state index contributed by atoms with van der Waals surface area (Å²) in [5.74, 6) is 1.17. The standard InChI is InChI=1S/C19H27N3S2/c1-15-5-6-18(13-16(15)2)23-12-11-21-7-4-8-22(10-9-21)19-20-17(3)14-24-19/h5-6,13-14H,4,7-12H2,1-3H3. The summed E-state index contributed by atoms with van der Waals surface area (Å²) in [6.45, 7) is 12.2. The molecule has 0 unspecified atom stereocenters. The lowest BCUT2D eigenvalue weighted by Crippen LogP contribution is -2.32. The fourth-order valence-electron chi connectivity index (χ4n) is 2.97. The van der Waals surface area contributed by atoms with Crippen LogP contribution in [-0.4, -0.2) is 48.4 Å². The van der Waals surface area contributed by atoms with Crippen LogP contribution in [0.5, 0.6) is 0 Å². The molecule has 0 saturated carbocycles. The molecule has 0 atom stereocenters. The summed E-state index contributed by atoms with van der Waals surface area (Å²) in [6.07, 6.45) is 1.23. The zero-order valence-corrected chi connectivity index (χ0v) is 16.6. The van der Waals surface area contributed by atoms with E-state index in [9.17, 15) is 0 Å². The monoisotopic (exact) mass is 361 g/mol. The van der Waals surface area contributed by atoms with Gasteiger partial charge in [0.1, 0.15) is 0 Å². The molecular weight excluding hydrogens is 334 g/mol. The molecule has 24 heavy (non-hydrogen) atoms. The lowest BCUT2D eigenvalue weighted by molar-refractivity contribution is 0.312. The highest BCUT2D eigenvalue weighted by Gasteiger charge is 2.16. The molecular formula is C19H27N3S2. The van der Waals surface area contributed by atoms with Gasteiger partial charge in [-0.3, -0.25) is 0 Å². The van der Waals surface area contributed by atoms with Crippen LogP contribution < -0.4 is 4.90 Å². The number of aromatic nitrogens is 1. The molecule has 1 aliphatic heterocycles. The van der Waals surface area contributed by atoms with E-state index in [-0.39, 0.29) is 0 Å². The summed E-state index contributed by atoms with van der Waals surface area (Å²) < 4.78 is 0. The number of thioether (sulfide) groups is 1. The van der Waals surface area contributed by atoms with Gasteiger partial charge in [-0.15, -0.1) is 23.1 Å². The number of aryl methyl sites for hydroxylation is 3. The first kappa shape index (κ1) is 17.8. The van der Waals surface area contributed by atoms with E-state index in [1.165, 1.54) is 46.4 Å².